The first-order valence-corrected chi connectivity index (χ1v) is 15.4. The van der Waals surface area contributed by atoms with Crippen LogP contribution in [0.5, 0.6) is 0 Å². The number of hydrogen-bond acceptors (Lipinski definition) is 7. The molecule has 0 spiro atoms. The summed E-state index contributed by atoms with van der Waals surface area (Å²) in [5, 5.41) is 0. The third-order valence-corrected chi connectivity index (χ3v) is 14.3. The molecule has 0 heterocycles. The van der Waals surface area contributed by atoms with E-state index in [1.165, 1.54) is 24.9 Å². The van der Waals surface area contributed by atoms with Gasteiger partial charge in [-0.3, -0.25) is 0 Å². The smallest absolute Gasteiger partial charge is 0.153 e. The first-order chi connectivity index (χ1) is 11.1. The number of hydrogen-bond donors (Lipinski definition) is 0. The van der Waals surface area contributed by atoms with E-state index < -0.39 is 19.0 Å². The van der Waals surface area contributed by atoms with Crippen LogP contribution >= 0.6 is 31.4 Å². The number of ether oxygens (including phenoxy) is 4. The van der Waals surface area contributed by atoms with Gasteiger partial charge in [0, 0.05) is 28.4 Å². The van der Waals surface area contributed by atoms with Crippen molar-refractivity contribution in [3.63, 3.8) is 0 Å². The van der Waals surface area contributed by atoms with Crippen LogP contribution in [-0.4, -0.2) is 69.8 Å². The van der Waals surface area contributed by atoms with Crippen molar-refractivity contribution < 1.29 is 18.9 Å². The van der Waals surface area contributed by atoms with E-state index in [0.29, 0.717) is 0 Å². The van der Waals surface area contributed by atoms with E-state index in [9.17, 15) is 0 Å². The molecule has 140 valence electrons. The average Bonchev–Trinajstić information content (AvgIpc) is 2.60. The normalized spacial score (nSPS) is 13.8. The summed E-state index contributed by atoms with van der Waals surface area (Å²) in [7, 11) is 11.7. The Kier molecular flexibility index (Phi) is 15.3. The SMILES string of the molecule is CCC[SiH2]C(CSSSCC(OC)(OC)[SiH2]CCC)(OC)OC. The topological polar surface area (TPSA) is 36.9 Å². The van der Waals surface area contributed by atoms with Crippen LogP contribution in [0.15, 0.2) is 0 Å². The number of rotatable bonds is 16. The van der Waals surface area contributed by atoms with E-state index in [4.69, 9.17) is 18.9 Å². The molecule has 0 amide bonds. The Morgan fingerprint density at radius 2 is 1.04 bits per heavy atom. The standard InChI is InChI=1S/C14H34O4S3Si2/c1-7-9-22-13(15-3,16-4)11-19-21-20-12-14(17-5,18-6)23-10-8-2/h7-12,22-23H2,1-6H3. The first-order valence-electron chi connectivity index (χ1n) is 8.19. The highest BCUT2D eigenvalue weighted by molar-refractivity contribution is 9.09. The summed E-state index contributed by atoms with van der Waals surface area (Å²) in [5.74, 6) is 1.76. The van der Waals surface area contributed by atoms with Gasteiger partial charge in [-0.25, -0.2) is 0 Å². The molecule has 0 saturated heterocycles. The van der Waals surface area contributed by atoms with Crippen LogP contribution in [0.2, 0.25) is 12.1 Å². The zero-order valence-corrected chi connectivity index (χ0v) is 20.8. The third-order valence-electron chi connectivity index (χ3n) is 3.96. The average molecular weight is 419 g/mol. The molecule has 0 radical (unpaired) electrons. The second-order valence-electron chi connectivity index (χ2n) is 5.44. The molecule has 4 nitrogen and oxygen atoms in total. The van der Waals surface area contributed by atoms with Gasteiger partial charge < -0.3 is 18.9 Å². The van der Waals surface area contributed by atoms with E-state index >= 15 is 0 Å². The van der Waals surface area contributed by atoms with E-state index in [1.807, 2.05) is 21.6 Å². The van der Waals surface area contributed by atoms with Crippen LogP contribution < -0.4 is 0 Å². The van der Waals surface area contributed by atoms with Crippen molar-refractivity contribution in [1.82, 2.24) is 0 Å². The lowest BCUT2D eigenvalue weighted by Crippen LogP contribution is -2.43. The molecule has 0 atom stereocenters. The van der Waals surface area contributed by atoms with Crippen LogP contribution in [0, 0.1) is 0 Å². The van der Waals surface area contributed by atoms with Crippen molar-refractivity contribution in [2.45, 2.75) is 49.6 Å². The van der Waals surface area contributed by atoms with Crippen molar-refractivity contribution in [3.8, 4) is 0 Å². The lowest BCUT2D eigenvalue weighted by molar-refractivity contribution is -0.127. The van der Waals surface area contributed by atoms with Crippen molar-refractivity contribution in [2.24, 2.45) is 0 Å². The van der Waals surface area contributed by atoms with Crippen molar-refractivity contribution in [2.75, 3.05) is 39.9 Å². The molecule has 9 heteroatoms. The van der Waals surface area contributed by atoms with Gasteiger partial charge in [-0.15, -0.1) is 0 Å². The monoisotopic (exact) mass is 418 g/mol. The third kappa shape index (κ3) is 9.55. The maximum Gasteiger partial charge on any atom is 0.153 e. The molecular weight excluding hydrogens is 385 g/mol. The van der Waals surface area contributed by atoms with E-state index in [2.05, 4.69) is 13.8 Å². The maximum absolute atomic E-state index is 5.69. The highest BCUT2D eigenvalue weighted by Crippen LogP contribution is 2.39. The summed E-state index contributed by atoms with van der Waals surface area (Å²) < 4.78 is 22.7. The predicted octanol–water partition coefficient (Wildman–Crippen LogP) is 2.90. The molecular formula is C14H34O4S3Si2. The molecule has 0 fully saturated rings. The molecule has 0 aromatic heterocycles. The van der Waals surface area contributed by atoms with Gasteiger partial charge in [0.15, 0.2) is 10.8 Å². The fourth-order valence-electron chi connectivity index (χ4n) is 2.11. The zero-order valence-electron chi connectivity index (χ0n) is 15.5. The Hall–Kier alpha value is 1.32. The van der Waals surface area contributed by atoms with Crippen LogP contribution in [0.4, 0.5) is 0 Å². The van der Waals surface area contributed by atoms with Gasteiger partial charge in [-0.1, -0.05) is 60.4 Å². The summed E-state index contributed by atoms with van der Waals surface area (Å²) in [6.07, 6.45) is 2.42. The Balaban J connectivity index is 4.21. The van der Waals surface area contributed by atoms with Crippen molar-refractivity contribution in [3.05, 3.63) is 0 Å². The van der Waals surface area contributed by atoms with E-state index in [-0.39, 0.29) is 10.8 Å². The highest BCUT2D eigenvalue weighted by atomic mass is 33.5. The first kappa shape index (κ1) is 24.3. The lowest BCUT2D eigenvalue weighted by atomic mass is 10.6. The summed E-state index contributed by atoms with van der Waals surface area (Å²) in [4.78, 5) is 0. The van der Waals surface area contributed by atoms with Gasteiger partial charge in [-0.2, -0.15) is 0 Å². The van der Waals surface area contributed by atoms with Crippen LogP contribution in [-0.2, 0) is 18.9 Å². The summed E-state index contributed by atoms with van der Waals surface area (Å²) in [6, 6.07) is 2.50. The Morgan fingerprint density at radius 1 is 0.696 bits per heavy atom. The fourth-order valence-corrected chi connectivity index (χ4v) is 11.4. The second-order valence-corrected chi connectivity index (χ2v) is 14.2. The molecule has 23 heavy (non-hydrogen) atoms. The van der Waals surface area contributed by atoms with E-state index in [1.54, 1.807) is 38.3 Å². The molecule has 0 unspecified atom stereocenters. The van der Waals surface area contributed by atoms with Gasteiger partial charge in [0.25, 0.3) is 0 Å². The quantitative estimate of drug-likeness (QED) is 0.165. The van der Waals surface area contributed by atoms with Gasteiger partial charge in [0.1, 0.15) is 0 Å². The van der Waals surface area contributed by atoms with E-state index in [0.717, 1.165) is 11.5 Å². The molecule has 0 N–H and O–H groups in total. The number of methoxy groups -OCH3 is 4. The molecule has 0 saturated carbocycles. The minimum absolute atomic E-state index is 0.329. The molecule has 0 aliphatic rings. The van der Waals surface area contributed by atoms with Crippen LogP contribution in [0.1, 0.15) is 26.7 Å². The van der Waals surface area contributed by atoms with Crippen molar-refractivity contribution in [1.29, 1.82) is 0 Å². The zero-order chi connectivity index (χ0) is 17.6. The lowest BCUT2D eigenvalue weighted by Gasteiger charge is -2.31. The summed E-state index contributed by atoms with van der Waals surface area (Å²) in [6.45, 7) is 4.44. The van der Waals surface area contributed by atoms with Gasteiger partial charge in [0.2, 0.25) is 0 Å². The minimum Gasteiger partial charge on any atom is -0.357 e. The van der Waals surface area contributed by atoms with Crippen molar-refractivity contribution >= 4 is 50.5 Å². The summed E-state index contributed by atoms with van der Waals surface area (Å²) >= 11 is 0. The Morgan fingerprint density at radius 3 is 1.30 bits per heavy atom. The van der Waals surface area contributed by atoms with Gasteiger partial charge >= 0.3 is 0 Å². The largest absolute Gasteiger partial charge is 0.357 e. The molecule has 0 aliphatic heterocycles. The van der Waals surface area contributed by atoms with Crippen LogP contribution in [0.3, 0.4) is 0 Å². The Labute approximate surface area is 158 Å². The maximum atomic E-state index is 5.69. The van der Waals surface area contributed by atoms with Gasteiger partial charge in [0.05, 0.1) is 30.5 Å². The summed E-state index contributed by atoms with van der Waals surface area (Å²) in [5.41, 5.74) is -0.657. The molecule has 0 aromatic carbocycles. The molecule has 0 rings (SSSR count). The molecule has 0 aromatic rings. The van der Waals surface area contributed by atoms with Gasteiger partial charge in [-0.05, 0) is 9.83 Å². The Bertz CT molecular complexity index is 255. The molecule has 0 aliphatic carbocycles. The fraction of sp³-hybridized carbons (Fsp3) is 1.00. The van der Waals surface area contributed by atoms with Crippen LogP contribution in [0.25, 0.3) is 0 Å². The predicted molar refractivity (Wildman–Crippen MR) is 113 cm³/mol. The molecule has 0 bridgehead atoms. The minimum atomic E-state index is -0.394. The second kappa shape index (κ2) is 14.5. The highest BCUT2D eigenvalue weighted by Gasteiger charge is 2.31.